The van der Waals surface area contributed by atoms with Crippen LogP contribution in [0.1, 0.15) is 30.0 Å². The van der Waals surface area contributed by atoms with Crippen molar-refractivity contribution in [3.8, 4) is 17.2 Å². The Morgan fingerprint density at radius 3 is 2.53 bits per heavy atom. The van der Waals surface area contributed by atoms with E-state index in [1.165, 1.54) is 12.8 Å². The summed E-state index contributed by atoms with van der Waals surface area (Å²) in [5.74, 6) is 0.998. The number of pyridine rings is 1. The van der Waals surface area contributed by atoms with Gasteiger partial charge in [0, 0.05) is 16.5 Å². The highest BCUT2D eigenvalue weighted by Gasteiger charge is 2.29. The normalized spacial score (nSPS) is 14.1. The van der Waals surface area contributed by atoms with E-state index in [0.29, 0.717) is 22.3 Å². The summed E-state index contributed by atoms with van der Waals surface area (Å²) in [6.07, 6.45) is 2.36. The number of halogens is 1. The van der Waals surface area contributed by atoms with Crippen LogP contribution in [0, 0.1) is 11.3 Å². The zero-order valence-corrected chi connectivity index (χ0v) is 11.0. The van der Waals surface area contributed by atoms with Crippen LogP contribution < -0.4 is 10.7 Å². The van der Waals surface area contributed by atoms with Crippen LogP contribution in [0.3, 0.4) is 0 Å². The summed E-state index contributed by atoms with van der Waals surface area (Å²) in [4.78, 5) is 3.14. The molecule has 3 rings (SSSR count). The molecule has 94 valence electrons. The average Bonchev–Trinajstić information content (AvgIpc) is 3.23. The Labute approximate surface area is 116 Å². The van der Waals surface area contributed by atoms with Crippen LogP contribution >= 0.6 is 11.6 Å². The van der Waals surface area contributed by atoms with E-state index in [4.69, 9.17) is 17.3 Å². The van der Waals surface area contributed by atoms with Gasteiger partial charge < -0.3 is 0 Å². The molecule has 1 aliphatic carbocycles. The molecular formula is C15H13ClN3+. The van der Waals surface area contributed by atoms with Crippen LogP contribution in [0.5, 0.6) is 0 Å². The van der Waals surface area contributed by atoms with E-state index in [-0.39, 0.29) is 0 Å². The Bertz CT molecular complexity index is 667. The van der Waals surface area contributed by atoms with Gasteiger partial charge in [0.05, 0.1) is 0 Å². The lowest BCUT2D eigenvalue weighted by molar-refractivity contribution is -0.373. The van der Waals surface area contributed by atoms with Crippen molar-refractivity contribution in [3.05, 3.63) is 46.6 Å². The number of hydrogen-bond acceptors (Lipinski definition) is 2. The zero-order valence-electron chi connectivity index (χ0n) is 10.3. The van der Waals surface area contributed by atoms with Gasteiger partial charge in [-0.05, 0) is 36.6 Å². The standard InChI is InChI=1S/C15H12ClN3/c16-11-5-3-9(4-6-11)12-7-14(10-1-2-10)19-15(18)13(12)8-17/h3-7,10H,1-2H2,(H2,18,19)/p+1. The van der Waals surface area contributed by atoms with Crippen LogP contribution in [0.4, 0.5) is 5.82 Å². The molecular weight excluding hydrogens is 258 g/mol. The highest BCUT2D eigenvalue weighted by Crippen LogP contribution is 2.40. The predicted molar refractivity (Wildman–Crippen MR) is 74.5 cm³/mol. The number of anilines is 1. The first-order valence-electron chi connectivity index (χ1n) is 6.21. The number of nitrogens with two attached hydrogens (primary N) is 1. The summed E-state index contributed by atoms with van der Waals surface area (Å²) < 4.78 is 0. The summed E-state index contributed by atoms with van der Waals surface area (Å²) >= 11 is 5.90. The topological polar surface area (TPSA) is 64.0 Å². The van der Waals surface area contributed by atoms with Gasteiger partial charge in [-0.3, -0.25) is 5.73 Å². The molecule has 2 aromatic rings. The smallest absolute Gasteiger partial charge is 0.286 e. The number of nitrogens with one attached hydrogen (secondary N) is 1. The Morgan fingerprint density at radius 2 is 1.95 bits per heavy atom. The van der Waals surface area contributed by atoms with Gasteiger partial charge in [0.2, 0.25) is 0 Å². The number of aromatic nitrogens is 1. The van der Waals surface area contributed by atoms with Gasteiger partial charge in [-0.1, -0.05) is 23.7 Å². The molecule has 1 heterocycles. The van der Waals surface area contributed by atoms with Crippen molar-refractivity contribution < 1.29 is 4.98 Å². The van der Waals surface area contributed by atoms with Gasteiger partial charge in [-0.15, -0.1) is 0 Å². The zero-order chi connectivity index (χ0) is 13.4. The molecule has 0 bridgehead atoms. The molecule has 1 saturated carbocycles. The third-order valence-corrected chi connectivity index (χ3v) is 3.65. The maximum atomic E-state index is 9.28. The molecule has 1 aromatic carbocycles. The lowest BCUT2D eigenvalue weighted by Gasteiger charge is -2.06. The molecule has 0 unspecified atom stereocenters. The minimum atomic E-state index is 0.442. The third-order valence-electron chi connectivity index (χ3n) is 3.40. The Hall–Kier alpha value is -2.05. The monoisotopic (exact) mass is 270 g/mol. The molecule has 0 aliphatic heterocycles. The highest BCUT2D eigenvalue weighted by molar-refractivity contribution is 6.30. The number of H-pyrrole nitrogens is 1. The fourth-order valence-corrected chi connectivity index (χ4v) is 2.34. The Morgan fingerprint density at radius 1 is 1.26 bits per heavy atom. The molecule has 0 saturated heterocycles. The third kappa shape index (κ3) is 2.27. The number of nitrogens with zero attached hydrogens (tertiary/aromatic N) is 1. The van der Waals surface area contributed by atoms with Gasteiger partial charge in [-0.25, -0.2) is 4.98 Å². The lowest BCUT2D eigenvalue weighted by atomic mass is 9.99. The van der Waals surface area contributed by atoms with E-state index in [9.17, 15) is 5.26 Å². The van der Waals surface area contributed by atoms with E-state index in [1.807, 2.05) is 30.3 Å². The number of aromatic amines is 1. The van der Waals surface area contributed by atoms with Gasteiger partial charge >= 0.3 is 0 Å². The van der Waals surface area contributed by atoms with Crippen molar-refractivity contribution in [1.29, 1.82) is 5.26 Å². The largest absolute Gasteiger partial charge is 0.289 e. The maximum absolute atomic E-state index is 9.28. The average molecular weight is 271 g/mol. The van der Waals surface area contributed by atoms with Gasteiger partial charge in [0.1, 0.15) is 17.3 Å². The first-order chi connectivity index (χ1) is 9.19. The van der Waals surface area contributed by atoms with Crippen molar-refractivity contribution in [2.24, 2.45) is 0 Å². The molecule has 3 nitrogen and oxygen atoms in total. The molecule has 0 spiro atoms. The lowest BCUT2D eigenvalue weighted by Crippen LogP contribution is -2.18. The molecule has 3 N–H and O–H groups in total. The summed E-state index contributed by atoms with van der Waals surface area (Å²) in [6, 6.07) is 11.7. The van der Waals surface area contributed by atoms with E-state index in [1.54, 1.807) is 0 Å². The Kier molecular flexibility index (Phi) is 2.88. The first-order valence-corrected chi connectivity index (χ1v) is 6.58. The second kappa shape index (κ2) is 4.56. The number of nitriles is 1. The molecule has 4 heteroatoms. The van der Waals surface area contributed by atoms with Crippen LogP contribution in [0.15, 0.2) is 30.3 Å². The predicted octanol–water partition coefficient (Wildman–Crippen LogP) is 3.15. The van der Waals surface area contributed by atoms with Crippen molar-refractivity contribution in [1.82, 2.24) is 0 Å². The minimum Gasteiger partial charge on any atom is -0.286 e. The quantitative estimate of drug-likeness (QED) is 0.911. The van der Waals surface area contributed by atoms with Crippen molar-refractivity contribution in [3.63, 3.8) is 0 Å². The molecule has 0 amide bonds. The number of hydrogen-bond donors (Lipinski definition) is 1. The first kappa shape index (κ1) is 12.0. The molecule has 1 aliphatic rings. The highest BCUT2D eigenvalue weighted by atomic mass is 35.5. The summed E-state index contributed by atoms with van der Waals surface area (Å²) in [5.41, 5.74) is 9.40. The summed E-state index contributed by atoms with van der Waals surface area (Å²) in [6.45, 7) is 0. The second-order valence-corrected chi connectivity index (χ2v) is 5.26. The van der Waals surface area contributed by atoms with Crippen molar-refractivity contribution in [2.75, 3.05) is 5.73 Å². The van der Waals surface area contributed by atoms with Crippen LogP contribution in [0.25, 0.3) is 11.1 Å². The van der Waals surface area contributed by atoms with Crippen LogP contribution in [0.2, 0.25) is 5.02 Å². The van der Waals surface area contributed by atoms with Gasteiger partial charge in [0.25, 0.3) is 5.82 Å². The molecule has 0 radical (unpaired) electrons. The van der Waals surface area contributed by atoms with Gasteiger partial charge in [-0.2, -0.15) is 5.26 Å². The second-order valence-electron chi connectivity index (χ2n) is 4.82. The number of nitrogen functional groups attached to an aromatic ring is 1. The van der Waals surface area contributed by atoms with E-state index in [0.717, 1.165) is 16.8 Å². The summed E-state index contributed by atoms with van der Waals surface area (Å²) in [5, 5.41) is 9.96. The maximum Gasteiger partial charge on any atom is 0.289 e. The van der Waals surface area contributed by atoms with E-state index in [2.05, 4.69) is 11.1 Å². The van der Waals surface area contributed by atoms with Gasteiger partial charge in [0.15, 0.2) is 0 Å². The fraction of sp³-hybridized carbons (Fsp3) is 0.200. The Balaban J connectivity index is 2.17. The number of benzene rings is 1. The summed E-state index contributed by atoms with van der Waals surface area (Å²) in [7, 11) is 0. The molecule has 1 aromatic heterocycles. The van der Waals surface area contributed by atoms with E-state index >= 15 is 0 Å². The van der Waals surface area contributed by atoms with Crippen molar-refractivity contribution >= 4 is 17.4 Å². The molecule has 1 fully saturated rings. The SMILES string of the molecule is N#Cc1c(-c2ccc(Cl)cc2)cc(C2CC2)[nH+]c1N. The fourth-order valence-electron chi connectivity index (χ4n) is 2.22. The number of rotatable bonds is 2. The van der Waals surface area contributed by atoms with Crippen LogP contribution in [-0.2, 0) is 0 Å². The molecule has 0 atom stereocenters. The van der Waals surface area contributed by atoms with E-state index < -0.39 is 0 Å². The minimum absolute atomic E-state index is 0.442. The molecule has 19 heavy (non-hydrogen) atoms. The van der Waals surface area contributed by atoms with Crippen molar-refractivity contribution in [2.45, 2.75) is 18.8 Å². The van der Waals surface area contributed by atoms with Crippen LogP contribution in [-0.4, -0.2) is 0 Å².